The van der Waals surface area contributed by atoms with Gasteiger partial charge in [-0.05, 0) is 48.3 Å². The summed E-state index contributed by atoms with van der Waals surface area (Å²) in [6.45, 7) is 10.1. The highest BCUT2D eigenvalue weighted by molar-refractivity contribution is 5.07. The van der Waals surface area contributed by atoms with Crippen LogP contribution in [0, 0.1) is 16.2 Å². The van der Waals surface area contributed by atoms with Crippen LogP contribution in [0.1, 0.15) is 130 Å². The lowest BCUT2D eigenvalue weighted by Crippen LogP contribution is -2.53. The average Bonchev–Trinajstić information content (AvgIpc) is 2.60. The van der Waals surface area contributed by atoms with E-state index in [9.17, 15) is 0 Å². The highest BCUT2D eigenvalue weighted by atomic mass is 14.6. The molecule has 136 valence electrons. The third-order valence-electron chi connectivity index (χ3n) is 8.22. The van der Waals surface area contributed by atoms with E-state index >= 15 is 0 Å². The van der Waals surface area contributed by atoms with Gasteiger partial charge in [0.15, 0.2) is 0 Å². The standard InChI is InChI=1S/C23H44/c1-5-7-8-11-16-22(17-12-9-13-18-22)23(21(3,4)6-2)19-14-10-15-20-23/h5-20H2,1-4H3. The van der Waals surface area contributed by atoms with Crippen LogP contribution in [0.4, 0.5) is 0 Å². The minimum atomic E-state index is 0.523. The molecule has 0 bridgehead atoms. The Morgan fingerprint density at radius 3 is 1.78 bits per heavy atom. The van der Waals surface area contributed by atoms with Crippen LogP contribution in [0.15, 0.2) is 0 Å². The largest absolute Gasteiger partial charge is 0.0654 e. The molecule has 0 aromatic heterocycles. The summed E-state index contributed by atoms with van der Waals surface area (Å²) in [7, 11) is 0. The molecule has 2 aliphatic carbocycles. The van der Waals surface area contributed by atoms with Crippen molar-refractivity contribution in [3.05, 3.63) is 0 Å². The third-order valence-corrected chi connectivity index (χ3v) is 8.22. The molecule has 0 aliphatic heterocycles. The summed E-state index contributed by atoms with van der Waals surface area (Å²) in [5.74, 6) is 0. The second kappa shape index (κ2) is 8.39. The van der Waals surface area contributed by atoms with Gasteiger partial charge in [0.2, 0.25) is 0 Å². The number of unbranched alkanes of at least 4 members (excludes halogenated alkanes) is 3. The molecule has 0 heteroatoms. The summed E-state index contributed by atoms with van der Waals surface area (Å²) in [4.78, 5) is 0. The first-order valence-corrected chi connectivity index (χ1v) is 11.0. The Hall–Kier alpha value is 0. The second-order valence-electron chi connectivity index (χ2n) is 9.53. The Labute approximate surface area is 147 Å². The van der Waals surface area contributed by atoms with Crippen molar-refractivity contribution in [3.63, 3.8) is 0 Å². The molecule has 0 aromatic rings. The molecule has 23 heavy (non-hydrogen) atoms. The summed E-state index contributed by atoms with van der Waals surface area (Å²) in [5.41, 5.74) is 1.84. The average molecular weight is 321 g/mol. The fraction of sp³-hybridized carbons (Fsp3) is 1.00. The van der Waals surface area contributed by atoms with E-state index in [-0.39, 0.29) is 0 Å². The van der Waals surface area contributed by atoms with Crippen molar-refractivity contribution < 1.29 is 0 Å². The van der Waals surface area contributed by atoms with E-state index in [1.54, 1.807) is 12.8 Å². The molecule has 2 fully saturated rings. The molecule has 0 amide bonds. The SMILES string of the molecule is CCCCCCC1(C2(C(C)(C)CC)CCCCC2)CCCCC1. The fourth-order valence-electron chi connectivity index (χ4n) is 6.51. The molecule has 0 radical (unpaired) electrons. The van der Waals surface area contributed by atoms with E-state index in [1.165, 1.54) is 89.9 Å². The van der Waals surface area contributed by atoms with Crippen molar-refractivity contribution in [1.82, 2.24) is 0 Å². The highest BCUT2D eigenvalue weighted by Crippen LogP contribution is 2.67. The zero-order chi connectivity index (χ0) is 16.8. The van der Waals surface area contributed by atoms with Gasteiger partial charge < -0.3 is 0 Å². The van der Waals surface area contributed by atoms with Gasteiger partial charge in [-0.3, -0.25) is 0 Å². The van der Waals surface area contributed by atoms with Crippen LogP contribution in [0.2, 0.25) is 0 Å². The molecule has 0 unspecified atom stereocenters. The Kier molecular flexibility index (Phi) is 7.05. The van der Waals surface area contributed by atoms with Crippen LogP contribution in [-0.2, 0) is 0 Å². The predicted octanol–water partition coefficient (Wildman–Crippen LogP) is 8.29. The van der Waals surface area contributed by atoms with Crippen LogP contribution in [-0.4, -0.2) is 0 Å². The van der Waals surface area contributed by atoms with Crippen molar-refractivity contribution in [2.75, 3.05) is 0 Å². The van der Waals surface area contributed by atoms with E-state index in [2.05, 4.69) is 27.7 Å². The topological polar surface area (TPSA) is 0 Å². The van der Waals surface area contributed by atoms with Gasteiger partial charge in [0, 0.05) is 0 Å². The predicted molar refractivity (Wildman–Crippen MR) is 104 cm³/mol. The van der Waals surface area contributed by atoms with Gasteiger partial charge in [-0.1, -0.05) is 98.3 Å². The van der Waals surface area contributed by atoms with Crippen molar-refractivity contribution in [2.24, 2.45) is 16.2 Å². The van der Waals surface area contributed by atoms with Gasteiger partial charge in [-0.2, -0.15) is 0 Å². The first-order chi connectivity index (χ1) is 11.0. The van der Waals surface area contributed by atoms with Gasteiger partial charge in [0.05, 0.1) is 0 Å². The van der Waals surface area contributed by atoms with Crippen molar-refractivity contribution in [1.29, 1.82) is 0 Å². The summed E-state index contributed by atoms with van der Waals surface area (Å²) in [5, 5.41) is 0. The van der Waals surface area contributed by atoms with Crippen molar-refractivity contribution in [3.8, 4) is 0 Å². The third kappa shape index (κ3) is 3.82. The lowest BCUT2D eigenvalue weighted by Gasteiger charge is -2.62. The first kappa shape index (κ1) is 19.3. The molecule has 0 atom stereocenters. The zero-order valence-electron chi connectivity index (χ0n) is 16.8. The highest BCUT2D eigenvalue weighted by Gasteiger charge is 2.57. The molecule has 0 spiro atoms. The minimum Gasteiger partial charge on any atom is -0.0654 e. The second-order valence-corrected chi connectivity index (χ2v) is 9.53. The van der Waals surface area contributed by atoms with Crippen molar-refractivity contribution in [2.45, 2.75) is 130 Å². The summed E-state index contributed by atoms with van der Waals surface area (Å²) in [6.07, 6.45) is 23.8. The molecule has 0 aromatic carbocycles. The fourth-order valence-corrected chi connectivity index (χ4v) is 6.51. The molecular weight excluding hydrogens is 276 g/mol. The van der Waals surface area contributed by atoms with Gasteiger partial charge in [0.1, 0.15) is 0 Å². The molecule has 2 saturated carbocycles. The van der Waals surface area contributed by atoms with E-state index in [1.807, 2.05) is 0 Å². The molecule has 0 N–H and O–H groups in total. The van der Waals surface area contributed by atoms with Crippen LogP contribution < -0.4 is 0 Å². The molecule has 0 heterocycles. The van der Waals surface area contributed by atoms with E-state index in [4.69, 9.17) is 0 Å². The maximum atomic E-state index is 2.63. The Balaban J connectivity index is 2.28. The first-order valence-electron chi connectivity index (χ1n) is 11.0. The molecule has 0 saturated heterocycles. The summed E-state index contributed by atoms with van der Waals surface area (Å²) < 4.78 is 0. The smallest absolute Gasteiger partial charge is 0.0190 e. The Morgan fingerprint density at radius 1 is 0.696 bits per heavy atom. The lowest BCUT2D eigenvalue weighted by atomic mass is 9.42. The monoisotopic (exact) mass is 320 g/mol. The van der Waals surface area contributed by atoms with Gasteiger partial charge >= 0.3 is 0 Å². The van der Waals surface area contributed by atoms with Gasteiger partial charge in [-0.25, -0.2) is 0 Å². The zero-order valence-corrected chi connectivity index (χ0v) is 16.8. The Bertz CT molecular complexity index is 326. The summed E-state index contributed by atoms with van der Waals surface area (Å²) in [6, 6.07) is 0. The molecule has 0 nitrogen and oxygen atoms in total. The van der Waals surface area contributed by atoms with E-state index in [0.717, 1.165) is 0 Å². The normalized spacial score (nSPS) is 24.5. The van der Waals surface area contributed by atoms with Crippen LogP contribution in [0.5, 0.6) is 0 Å². The van der Waals surface area contributed by atoms with E-state index < -0.39 is 0 Å². The molecular formula is C23H44. The van der Waals surface area contributed by atoms with Gasteiger partial charge in [-0.15, -0.1) is 0 Å². The minimum absolute atomic E-state index is 0.523. The van der Waals surface area contributed by atoms with Crippen LogP contribution >= 0.6 is 0 Å². The number of hydrogen-bond donors (Lipinski definition) is 0. The maximum absolute atomic E-state index is 2.63. The number of rotatable bonds is 8. The lowest BCUT2D eigenvalue weighted by molar-refractivity contribution is -0.127. The van der Waals surface area contributed by atoms with E-state index in [0.29, 0.717) is 16.2 Å². The Morgan fingerprint density at radius 2 is 1.26 bits per heavy atom. The van der Waals surface area contributed by atoms with Crippen LogP contribution in [0.25, 0.3) is 0 Å². The van der Waals surface area contributed by atoms with Crippen LogP contribution in [0.3, 0.4) is 0 Å². The summed E-state index contributed by atoms with van der Waals surface area (Å²) >= 11 is 0. The maximum Gasteiger partial charge on any atom is -0.0190 e. The molecule has 2 rings (SSSR count). The molecule has 2 aliphatic rings. The van der Waals surface area contributed by atoms with Gasteiger partial charge in [0.25, 0.3) is 0 Å². The van der Waals surface area contributed by atoms with Crippen molar-refractivity contribution >= 4 is 0 Å². The number of hydrogen-bond acceptors (Lipinski definition) is 0. The quantitative estimate of drug-likeness (QED) is 0.394.